The lowest BCUT2D eigenvalue weighted by Crippen LogP contribution is -2.36. The van der Waals surface area contributed by atoms with Crippen molar-refractivity contribution in [3.8, 4) is 5.75 Å². The van der Waals surface area contributed by atoms with Crippen LogP contribution in [0.2, 0.25) is 0 Å². The maximum absolute atomic E-state index is 13.4. The van der Waals surface area contributed by atoms with Gasteiger partial charge < -0.3 is 10.1 Å². The highest BCUT2D eigenvalue weighted by Crippen LogP contribution is 2.11. The minimum Gasteiger partial charge on any atom is -0.481 e. The van der Waals surface area contributed by atoms with Gasteiger partial charge in [0.15, 0.2) is 6.10 Å². The van der Waals surface area contributed by atoms with Gasteiger partial charge in [-0.1, -0.05) is 36.4 Å². The Morgan fingerprint density at radius 2 is 1.80 bits per heavy atom. The minimum absolute atomic E-state index is 0.147. The van der Waals surface area contributed by atoms with Gasteiger partial charge in [0.25, 0.3) is 5.91 Å². The summed E-state index contributed by atoms with van der Waals surface area (Å²) in [6, 6.07) is 15.4. The number of ether oxygens (including phenoxy) is 1. The highest BCUT2D eigenvalue weighted by atomic mass is 19.1. The van der Waals surface area contributed by atoms with E-state index < -0.39 is 6.10 Å². The molecule has 4 heteroatoms. The zero-order valence-corrected chi connectivity index (χ0v) is 11.2. The lowest BCUT2D eigenvalue weighted by atomic mass is 10.2. The third-order valence-corrected chi connectivity index (χ3v) is 2.84. The van der Waals surface area contributed by atoms with Crippen LogP contribution >= 0.6 is 0 Å². The van der Waals surface area contributed by atoms with Gasteiger partial charge in [-0.05, 0) is 25.1 Å². The molecule has 0 fully saturated rings. The number of rotatable bonds is 5. The molecule has 1 N–H and O–H groups in total. The number of carbonyl (C=O) groups excluding carboxylic acids is 1. The first-order valence-corrected chi connectivity index (χ1v) is 6.39. The molecule has 1 unspecified atom stereocenters. The zero-order valence-electron chi connectivity index (χ0n) is 11.2. The average Bonchev–Trinajstić information content (AvgIpc) is 2.47. The van der Waals surface area contributed by atoms with Gasteiger partial charge in [-0.2, -0.15) is 0 Å². The third-order valence-electron chi connectivity index (χ3n) is 2.84. The van der Waals surface area contributed by atoms with Gasteiger partial charge in [0.05, 0.1) is 0 Å². The van der Waals surface area contributed by atoms with E-state index in [-0.39, 0.29) is 18.3 Å². The molecule has 0 saturated heterocycles. The van der Waals surface area contributed by atoms with Crippen molar-refractivity contribution in [2.24, 2.45) is 0 Å². The molecule has 2 aromatic rings. The third kappa shape index (κ3) is 3.82. The number of hydrogen-bond acceptors (Lipinski definition) is 2. The number of hydrogen-bond donors (Lipinski definition) is 1. The zero-order chi connectivity index (χ0) is 14.4. The SMILES string of the molecule is CC(Oc1ccccc1)C(=O)NCc1ccccc1F. The van der Waals surface area contributed by atoms with E-state index in [1.807, 2.05) is 18.2 Å². The molecular formula is C16H16FNO2. The second kappa shape index (κ2) is 6.70. The number of para-hydroxylation sites is 1. The summed E-state index contributed by atoms with van der Waals surface area (Å²) in [5.41, 5.74) is 0.452. The largest absolute Gasteiger partial charge is 0.481 e. The summed E-state index contributed by atoms with van der Waals surface area (Å²) in [4.78, 5) is 11.9. The molecule has 1 atom stereocenters. The van der Waals surface area contributed by atoms with E-state index in [2.05, 4.69) is 5.32 Å². The van der Waals surface area contributed by atoms with E-state index in [1.165, 1.54) is 6.07 Å². The Kier molecular flexibility index (Phi) is 4.71. The van der Waals surface area contributed by atoms with Crippen molar-refractivity contribution in [1.29, 1.82) is 0 Å². The number of nitrogens with one attached hydrogen (secondary N) is 1. The first kappa shape index (κ1) is 14.1. The van der Waals surface area contributed by atoms with E-state index in [9.17, 15) is 9.18 Å². The lowest BCUT2D eigenvalue weighted by Gasteiger charge is -2.14. The van der Waals surface area contributed by atoms with Crippen molar-refractivity contribution < 1.29 is 13.9 Å². The molecule has 1 amide bonds. The quantitative estimate of drug-likeness (QED) is 0.909. The van der Waals surface area contributed by atoms with Gasteiger partial charge in [0.1, 0.15) is 11.6 Å². The summed E-state index contributed by atoms with van der Waals surface area (Å²) in [5.74, 6) is 0.0163. The molecule has 0 aliphatic carbocycles. The number of halogens is 1. The maximum atomic E-state index is 13.4. The normalized spacial score (nSPS) is 11.7. The first-order chi connectivity index (χ1) is 9.66. The molecule has 0 radical (unpaired) electrons. The fourth-order valence-electron chi connectivity index (χ4n) is 1.72. The van der Waals surface area contributed by atoms with Gasteiger partial charge >= 0.3 is 0 Å². The van der Waals surface area contributed by atoms with Crippen LogP contribution in [0, 0.1) is 5.82 Å². The summed E-state index contributed by atoms with van der Waals surface area (Å²) in [5, 5.41) is 2.66. The molecule has 104 valence electrons. The van der Waals surface area contributed by atoms with E-state index in [4.69, 9.17) is 4.74 Å². The summed E-state index contributed by atoms with van der Waals surface area (Å²) in [6.45, 7) is 1.80. The van der Waals surface area contributed by atoms with Gasteiger partial charge in [0.2, 0.25) is 0 Å². The number of carbonyl (C=O) groups is 1. The van der Waals surface area contributed by atoms with Crippen LogP contribution in [-0.4, -0.2) is 12.0 Å². The van der Waals surface area contributed by atoms with Crippen LogP contribution in [0.15, 0.2) is 54.6 Å². The van der Waals surface area contributed by atoms with Gasteiger partial charge in [-0.25, -0.2) is 4.39 Å². The van der Waals surface area contributed by atoms with Crippen LogP contribution in [0.1, 0.15) is 12.5 Å². The van der Waals surface area contributed by atoms with Crippen molar-refractivity contribution in [2.75, 3.05) is 0 Å². The van der Waals surface area contributed by atoms with Crippen molar-refractivity contribution in [3.05, 3.63) is 66.0 Å². The Labute approximate surface area is 117 Å². The highest BCUT2D eigenvalue weighted by Gasteiger charge is 2.14. The van der Waals surface area contributed by atoms with Crippen LogP contribution in [0.3, 0.4) is 0 Å². The monoisotopic (exact) mass is 273 g/mol. The summed E-state index contributed by atoms with van der Waals surface area (Å²) in [7, 11) is 0. The molecule has 0 heterocycles. The van der Waals surface area contributed by atoms with E-state index in [1.54, 1.807) is 37.3 Å². The molecule has 0 bridgehead atoms. The maximum Gasteiger partial charge on any atom is 0.261 e. The number of amides is 1. The predicted octanol–water partition coefficient (Wildman–Crippen LogP) is 2.91. The molecule has 2 aromatic carbocycles. The highest BCUT2D eigenvalue weighted by molar-refractivity contribution is 5.80. The summed E-state index contributed by atoms with van der Waals surface area (Å²) < 4.78 is 18.9. The second-order valence-corrected chi connectivity index (χ2v) is 4.38. The van der Waals surface area contributed by atoms with Crippen molar-refractivity contribution in [3.63, 3.8) is 0 Å². The van der Waals surface area contributed by atoms with Gasteiger partial charge in [-0.3, -0.25) is 4.79 Å². The van der Waals surface area contributed by atoms with Crippen molar-refractivity contribution in [2.45, 2.75) is 19.6 Å². The minimum atomic E-state index is -0.635. The van der Waals surface area contributed by atoms with Crippen LogP contribution in [-0.2, 0) is 11.3 Å². The molecule has 0 aliphatic heterocycles. The van der Waals surface area contributed by atoms with Crippen LogP contribution < -0.4 is 10.1 Å². The van der Waals surface area contributed by atoms with Crippen LogP contribution in [0.5, 0.6) is 5.75 Å². The van der Waals surface area contributed by atoms with Gasteiger partial charge in [-0.15, -0.1) is 0 Å². The Bertz CT molecular complexity index is 572. The molecule has 20 heavy (non-hydrogen) atoms. The Hall–Kier alpha value is -2.36. The molecule has 3 nitrogen and oxygen atoms in total. The molecule has 0 aromatic heterocycles. The summed E-state index contributed by atoms with van der Waals surface area (Å²) in [6.07, 6.45) is -0.635. The molecule has 0 aliphatic rings. The Morgan fingerprint density at radius 1 is 1.15 bits per heavy atom. The van der Waals surface area contributed by atoms with E-state index >= 15 is 0 Å². The molecule has 0 saturated carbocycles. The van der Waals surface area contributed by atoms with E-state index in [0.29, 0.717) is 11.3 Å². The molecule has 2 rings (SSSR count). The smallest absolute Gasteiger partial charge is 0.261 e. The van der Waals surface area contributed by atoms with Crippen molar-refractivity contribution >= 4 is 5.91 Å². The molecular weight excluding hydrogens is 257 g/mol. The first-order valence-electron chi connectivity index (χ1n) is 6.39. The van der Waals surface area contributed by atoms with Gasteiger partial charge in [0, 0.05) is 12.1 Å². The topological polar surface area (TPSA) is 38.3 Å². The summed E-state index contributed by atoms with van der Waals surface area (Å²) >= 11 is 0. The van der Waals surface area contributed by atoms with E-state index in [0.717, 1.165) is 0 Å². The van der Waals surface area contributed by atoms with Crippen molar-refractivity contribution in [1.82, 2.24) is 5.32 Å². The molecule has 0 spiro atoms. The Balaban J connectivity index is 1.87. The fraction of sp³-hybridized carbons (Fsp3) is 0.188. The number of benzene rings is 2. The lowest BCUT2D eigenvalue weighted by molar-refractivity contribution is -0.127. The standard InChI is InChI=1S/C16H16FNO2/c1-12(20-14-8-3-2-4-9-14)16(19)18-11-13-7-5-6-10-15(13)17/h2-10,12H,11H2,1H3,(H,18,19). The van der Waals surface area contributed by atoms with Crippen LogP contribution in [0.25, 0.3) is 0 Å². The predicted molar refractivity (Wildman–Crippen MR) is 74.8 cm³/mol. The fourth-order valence-corrected chi connectivity index (χ4v) is 1.72. The second-order valence-electron chi connectivity index (χ2n) is 4.38. The average molecular weight is 273 g/mol. The van der Waals surface area contributed by atoms with Crippen LogP contribution in [0.4, 0.5) is 4.39 Å². The Morgan fingerprint density at radius 3 is 2.50 bits per heavy atom.